The number of likely N-dealkylation sites (tertiary alicyclic amines) is 2. The quantitative estimate of drug-likeness (QED) is 0.134. The summed E-state index contributed by atoms with van der Waals surface area (Å²) in [6.07, 6.45) is 14.8. The van der Waals surface area contributed by atoms with Gasteiger partial charge in [-0.2, -0.15) is 15.5 Å². The summed E-state index contributed by atoms with van der Waals surface area (Å²) in [5.74, 6) is 0.0743. The molecule has 4 fully saturated rings. The van der Waals surface area contributed by atoms with Crippen molar-refractivity contribution in [2.24, 2.45) is 5.41 Å². The van der Waals surface area contributed by atoms with Crippen LogP contribution in [-0.2, 0) is 19.2 Å². The lowest BCUT2D eigenvalue weighted by atomic mass is 9.75. The van der Waals surface area contributed by atoms with Gasteiger partial charge < -0.3 is 20.4 Å². The van der Waals surface area contributed by atoms with Crippen molar-refractivity contribution >= 4 is 40.7 Å². The Labute approximate surface area is 389 Å². The molecule has 1 atom stereocenters. The Morgan fingerprint density at radius 3 is 2.39 bits per heavy atom. The number of carbonyl (C=O) groups excluding carboxylic acids is 4. The number of pyridine rings is 1. The number of imide groups is 1. The third-order valence-corrected chi connectivity index (χ3v) is 14.3. The van der Waals surface area contributed by atoms with Crippen molar-refractivity contribution in [3.8, 4) is 28.6 Å². The molecule has 0 radical (unpaired) electrons. The lowest BCUT2D eigenvalue weighted by Crippen LogP contribution is -2.50. The summed E-state index contributed by atoms with van der Waals surface area (Å²) in [5, 5.41) is 27.7. The van der Waals surface area contributed by atoms with Crippen molar-refractivity contribution in [3.05, 3.63) is 78.3 Å². The Morgan fingerprint density at radius 1 is 0.940 bits per heavy atom. The predicted molar refractivity (Wildman–Crippen MR) is 249 cm³/mol. The van der Waals surface area contributed by atoms with Crippen molar-refractivity contribution in [1.29, 1.82) is 5.26 Å². The second kappa shape index (κ2) is 19.2. The molecule has 67 heavy (non-hydrogen) atoms. The van der Waals surface area contributed by atoms with Gasteiger partial charge in [0.25, 0.3) is 0 Å². The first-order chi connectivity index (χ1) is 32.4. The molecular weight excluding hydrogens is 854 g/mol. The highest BCUT2D eigenvalue weighted by atomic mass is 19.1. The van der Waals surface area contributed by atoms with Crippen LogP contribution < -0.4 is 20.9 Å². The molecule has 8 heterocycles. The number of hydrogen-bond donors (Lipinski definition) is 3. The van der Waals surface area contributed by atoms with Crippen molar-refractivity contribution in [2.45, 2.75) is 103 Å². The fourth-order valence-electron chi connectivity index (χ4n) is 10.2. The lowest BCUT2D eigenvalue weighted by molar-refractivity contribution is -0.135. The number of nitrogens with one attached hydrogen (secondary N) is 3. The van der Waals surface area contributed by atoms with E-state index in [4.69, 9.17) is 15.1 Å². The van der Waals surface area contributed by atoms with Crippen LogP contribution in [0.2, 0.25) is 0 Å². The van der Waals surface area contributed by atoms with Gasteiger partial charge in [-0.25, -0.2) is 18.9 Å². The van der Waals surface area contributed by atoms with Crippen LogP contribution in [0.4, 0.5) is 15.9 Å². The molecule has 4 amide bonds. The number of halogens is 1. The van der Waals surface area contributed by atoms with Gasteiger partial charge in [0, 0.05) is 67.8 Å². The van der Waals surface area contributed by atoms with E-state index in [1.807, 2.05) is 48.0 Å². The number of benzene rings is 1. The van der Waals surface area contributed by atoms with Gasteiger partial charge in [-0.3, -0.25) is 34.1 Å². The Balaban J connectivity index is 0.788. The van der Waals surface area contributed by atoms with Crippen molar-refractivity contribution in [2.75, 3.05) is 56.0 Å². The Bertz CT molecular complexity index is 2680. The Morgan fingerprint density at radius 2 is 1.72 bits per heavy atom. The molecule has 17 nitrogen and oxygen atoms in total. The number of nitrogens with zero attached hydrogens (tertiary/aromatic N) is 10. The molecule has 9 rings (SSSR count). The van der Waals surface area contributed by atoms with Gasteiger partial charge in [-0.05, 0) is 114 Å². The van der Waals surface area contributed by atoms with E-state index in [1.54, 1.807) is 35.2 Å². The number of anilines is 2. The van der Waals surface area contributed by atoms with Crippen molar-refractivity contribution in [1.82, 2.24) is 49.8 Å². The molecule has 4 aliphatic rings. The van der Waals surface area contributed by atoms with E-state index in [-0.39, 0.29) is 53.4 Å². The molecule has 0 bridgehead atoms. The molecule has 4 aromatic heterocycles. The zero-order chi connectivity index (χ0) is 46.8. The van der Waals surface area contributed by atoms with Crippen molar-refractivity contribution in [3.63, 3.8) is 0 Å². The van der Waals surface area contributed by atoms with Gasteiger partial charge in [-0.1, -0.05) is 13.0 Å². The Kier molecular flexibility index (Phi) is 13.0. The minimum atomic E-state index is -0.576. The molecule has 0 saturated carbocycles. The molecule has 0 aliphatic carbocycles. The SMILES string of the molecule is CCC1(C(=O)NC(C)C)CCN(c2ccc(-c3nc(-c4cnn(C5CCN(C(=O)CN6CCC(c7ccc(NC8CCC(=O)NC8=O)cc7F)CC6)CC5)c4)cn4ncc(C#N)c34)cn2)CC1. The van der Waals surface area contributed by atoms with Gasteiger partial charge >= 0.3 is 0 Å². The topological polar surface area (TPSA) is 199 Å². The van der Waals surface area contributed by atoms with Crippen molar-refractivity contribution < 1.29 is 23.6 Å². The number of nitriles is 1. The maximum absolute atomic E-state index is 15.3. The lowest BCUT2D eigenvalue weighted by Gasteiger charge is -2.41. The molecule has 350 valence electrons. The third kappa shape index (κ3) is 9.60. The third-order valence-electron chi connectivity index (χ3n) is 14.3. The average molecular weight is 912 g/mol. The Hall–Kier alpha value is -6.74. The smallest absolute Gasteiger partial charge is 0.249 e. The van der Waals surface area contributed by atoms with Gasteiger partial charge in [0.2, 0.25) is 23.6 Å². The van der Waals surface area contributed by atoms with Gasteiger partial charge in [0.1, 0.15) is 34.8 Å². The fourth-order valence-corrected chi connectivity index (χ4v) is 10.2. The number of fused-ring (bicyclic) bond motifs is 1. The van der Waals surface area contributed by atoms with E-state index in [0.717, 1.165) is 75.0 Å². The maximum atomic E-state index is 15.3. The van der Waals surface area contributed by atoms with Crippen LogP contribution in [0, 0.1) is 22.6 Å². The van der Waals surface area contributed by atoms with Crippen LogP contribution in [0.1, 0.15) is 102 Å². The molecule has 4 saturated heterocycles. The van der Waals surface area contributed by atoms with Gasteiger partial charge in [0.15, 0.2) is 0 Å². The molecule has 18 heteroatoms. The number of piperidine rings is 4. The second-order valence-corrected chi connectivity index (χ2v) is 18.8. The number of carbonyl (C=O) groups is 4. The van der Waals surface area contributed by atoms with E-state index < -0.39 is 11.9 Å². The van der Waals surface area contributed by atoms with Crippen LogP contribution >= 0.6 is 0 Å². The highest BCUT2D eigenvalue weighted by Gasteiger charge is 2.40. The van der Waals surface area contributed by atoms with Gasteiger partial charge in [0.05, 0.1) is 48.0 Å². The van der Waals surface area contributed by atoms with E-state index >= 15 is 4.39 Å². The predicted octanol–water partition coefficient (Wildman–Crippen LogP) is 5.45. The minimum Gasteiger partial charge on any atom is -0.374 e. The van der Waals surface area contributed by atoms with E-state index in [2.05, 4.69) is 43.8 Å². The zero-order valence-corrected chi connectivity index (χ0v) is 38.4. The van der Waals surface area contributed by atoms with Crippen LogP contribution in [0.15, 0.2) is 61.3 Å². The van der Waals surface area contributed by atoms with E-state index in [9.17, 15) is 24.4 Å². The van der Waals surface area contributed by atoms with Gasteiger partial charge in [-0.15, -0.1) is 0 Å². The molecule has 1 unspecified atom stereocenters. The molecular formula is C49H58FN13O4. The number of amides is 4. The number of hydrogen-bond acceptors (Lipinski definition) is 12. The molecule has 0 spiro atoms. The largest absolute Gasteiger partial charge is 0.374 e. The van der Waals surface area contributed by atoms with Crippen LogP contribution in [0.25, 0.3) is 28.0 Å². The van der Waals surface area contributed by atoms with Crippen LogP contribution in [0.3, 0.4) is 0 Å². The molecule has 5 aromatic rings. The summed E-state index contributed by atoms with van der Waals surface area (Å²) in [7, 11) is 0. The molecule has 3 N–H and O–H groups in total. The highest BCUT2D eigenvalue weighted by Crippen LogP contribution is 2.38. The summed E-state index contributed by atoms with van der Waals surface area (Å²) >= 11 is 0. The monoisotopic (exact) mass is 911 g/mol. The van der Waals surface area contributed by atoms with Crippen LogP contribution in [-0.4, -0.2) is 121 Å². The number of aromatic nitrogens is 6. The second-order valence-electron chi connectivity index (χ2n) is 18.8. The fraction of sp³-hybridized carbons (Fsp3) is 0.490. The summed E-state index contributed by atoms with van der Waals surface area (Å²) < 4.78 is 19.0. The maximum Gasteiger partial charge on any atom is 0.249 e. The summed E-state index contributed by atoms with van der Waals surface area (Å²) in [6.45, 7) is 10.5. The average Bonchev–Trinajstić information content (AvgIpc) is 4.01. The summed E-state index contributed by atoms with van der Waals surface area (Å²) in [4.78, 5) is 66.5. The summed E-state index contributed by atoms with van der Waals surface area (Å²) in [6, 6.07) is 10.8. The minimum absolute atomic E-state index is 0.0349. The molecule has 1 aromatic carbocycles. The first-order valence-corrected chi connectivity index (χ1v) is 23.7. The standard InChI is InChI=1S/C49H58FN13O4/c1-4-49(48(67)55-31(2)3)15-21-60(22-16-49)42-9-5-33(25-52-42)45-46-34(24-51)26-54-63(46)29-41(57-45)35-27-53-62(28-35)37-13-19-61(20-14-37)44(65)30-59-17-11-32(12-18-59)38-7-6-36(23-39(38)50)56-40-8-10-43(64)58-47(40)66/h5-7,9,23,25-29,31-32,37,40,56H,4,8,10-22,30H2,1-3H3,(H,55,67)(H,58,64,66). The highest BCUT2D eigenvalue weighted by molar-refractivity contribution is 6.01. The summed E-state index contributed by atoms with van der Waals surface area (Å²) in [5.41, 5.74) is 4.57. The van der Waals surface area contributed by atoms with Crippen LogP contribution in [0.5, 0.6) is 0 Å². The number of rotatable bonds is 12. The zero-order valence-electron chi connectivity index (χ0n) is 38.4. The first-order valence-electron chi connectivity index (χ1n) is 23.7. The normalized spacial score (nSPS) is 19.7. The van der Waals surface area contributed by atoms with E-state index in [1.165, 1.54) is 6.07 Å². The van der Waals surface area contributed by atoms with E-state index in [0.29, 0.717) is 72.9 Å². The molecule has 4 aliphatic heterocycles. The first kappa shape index (κ1) is 45.4.